The average molecular weight is 520 g/mol. The monoisotopic (exact) mass is 519 g/mol. The topological polar surface area (TPSA) is 79.8 Å². The van der Waals surface area contributed by atoms with Gasteiger partial charge in [-0.1, -0.05) is 17.4 Å². The number of fused-ring (bicyclic) bond motifs is 1. The second kappa shape index (κ2) is 9.66. The van der Waals surface area contributed by atoms with Crippen molar-refractivity contribution in [1.29, 1.82) is 0 Å². The highest BCUT2D eigenvalue weighted by atomic mass is 32.2. The van der Waals surface area contributed by atoms with Gasteiger partial charge in [-0.2, -0.15) is 4.31 Å². The number of thiazole rings is 1. The van der Waals surface area contributed by atoms with Crippen molar-refractivity contribution in [2.45, 2.75) is 49.8 Å². The number of anilines is 1. The summed E-state index contributed by atoms with van der Waals surface area (Å²) in [5.74, 6) is -0.463. The first-order chi connectivity index (χ1) is 16.3. The zero-order chi connectivity index (χ0) is 23.9. The molecule has 10 heteroatoms. The Morgan fingerprint density at radius 2 is 2.06 bits per heavy atom. The number of nitrogens with zero attached hydrogens (tertiary/aromatic N) is 3. The van der Waals surface area contributed by atoms with Gasteiger partial charge >= 0.3 is 0 Å². The van der Waals surface area contributed by atoms with E-state index in [-0.39, 0.29) is 18.6 Å². The summed E-state index contributed by atoms with van der Waals surface area (Å²) in [6, 6.07) is 7.55. The van der Waals surface area contributed by atoms with Gasteiger partial charge in [0.25, 0.3) is 10.0 Å². The van der Waals surface area contributed by atoms with Gasteiger partial charge in [0, 0.05) is 19.7 Å². The normalized spacial score (nSPS) is 21.8. The van der Waals surface area contributed by atoms with Crippen molar-refractivity contribution in [3.8, 4) is 0 Å². The first-order valence-electron chi connectivity index (χ1n) is 11.7. The molecule has 3 aromatic rings. The van der Waals surface area contributed by atoms with Crippen LogP contribution >= 0.6 is 22.7 Å². The maximum atomic E-state index is 13.9. The molecule has 0 aliphatic carbocycles. The van der Waals surface area contributed by atoms with Gasteiger partial charge in [-0.05, 0) is 74.2 Å². The highest BCUT2D eigenvalue weighted by Crippen LogP contribution is 2.34. The lowest BCUT2D eigenvalue weighted by Gasteiger charge is -2.34. The molecule has 4 heterocycles. The number of thiophene rings is 1. The van der Waals surface area contributed by atoms with Crippen molar-refractivity contribution in [3.63, 3.8) is 0 Å². The number of hydrogen-bond donors (Lipinski definition) is 0. The van der Waals surface area contributed by atoms with E-state index in [9.17, 15) is 13.2 Å². The molecule has 2 aliphatic heterocycles. The van der Waals surface area contributed by atoms with Crippen LogP contribution in [0.25, 0.3) is 10.2 Å². The average Bonchev–Trinajstić information content (AvgIpc) is 3.59. The molecule has 2 saturated heterocycles. The van der Waals surface area contributed by atoms with Crippen molar-refractivity contribution < 1.29 is 17.9 Å². The Morgan fingerprint density at radius 3 is 2.79 bits per heavy atom. The number of carbonyl (C=O) groups excluding carboxylic acids is 1. The second-order valence-corrected chi connectivity index (χ2v) is 13.2. The Kier molecular flexibility index (Phi) is 6.78. The van der Waals surface area contributed by atoms with Gasteiger partial charge in [-0.25, -0.2) is 13.4 Å². The summed E-state index contributed by atoms with van der Waals surface area (Å²) in [5, 5.41) is 2.43. The highest BCUT2D eigenvalue weighted by Gasteiger charge is 2.37. The number of rotatable bonds is 6. The number of benzene rings is 1. The molecule has 2 unspecified atom stereocenters. The largest absolute Gasteiger partial charge is 0.376 e. The molecule has 1 amide bonds. The molecule has 5 rings (SSSR count). The quantitative estimate of drug-likeness (QED) is 0.476. The Labute approximate surface area is 208 Å². The van der Waals surface area contributed by atoms with Crippen LogP contribution in [0, 0.1) is 19.8 Å². The fraction of sp³-hybridized carbons (Fsp3) is 0.500. The molecule has 0 saturated carbocycles. The Morgan fingerprint density at radius 1 is 1.24 bits per heavy atom. The molecule has 2 atom stereocenters. The highest BCUT2D eigenvalue weighted by molar-refractivity contribution is 7.91. The predicted molar refractivity (Wildman–Crippen MR) is 136 cm³/mol. The number of ether oxygens (including phenoxy) is 1. The molecule has 34 heavy (non-hydrogen) atoms. The predicted octanol–water partition coefficient (Wildman–Crippen LogP) is 4.59. The molecule has 2 aliphatic rings. The van der Waals surface area contributed by atoms with Crippen LogP contribution in [0.15, 0.2) is 33.9 Å². The lowest BCUT2D eigenvalue weighted by molar-refractivity contribution is -0.123. The minimum Gasteiger partial charge on any atom is -0.376 e. The molecule has 0 spiro atoms. The Balaban J connectivity index is 1.43. The van der Waals surface area contributed by atoms with Crippen molar-refractivity contribution in [2.24, 2.45) is 5.92 Å². The summed E-state index contributed by atoms with van der Waals surface area (Å²) in [7, 11) is -3.58. The van der Waals surface area contributed by atoms with E-state index in [1.807, 2.05) is 0 Å². The molecule has 2 aromatic heterocycles. The number of aryl methyl sites for hydroxylation is 2. The van der Waals surface area contributed by atoms with Gasteiger partial charge in [-0.3, -0.25) is 9.69 Å². The van der Waals surface area contributed by atoms with Crippen molar-refractivity contribution >= 4 is 54.0 Å². The molecule has 1 aromatic carbocycles. The van der Waals surface area contributed by atoms with Gasteiger partial charge in [0.1, 0.15) is 4.21 Å². The summed E-state index contributed by atoms with van der Waals surface area (Å²) < 4.78 is 34.9. The third kappa shape index (κ3) is 4.66. The number of amides is 1. The first kappa shape index (κ1) is 23.9. The number of piperidine rings is 1. The maximum Gasteiger partial charge on any atom is 0.252 e. The molecule has 0 radical (unpaired) electrons. The summed E-state index contributed by atoms with van der Waals surface area (Å²) in [5.41, 5.74) is 3.25. The van der Waals surface area contributed by atoms with Crippen LogP contribution in [0.2, 0.25) is 0 Å². The van der Waals surface area contributed by atoms with E-state index >= 15 is 0 Å². The van der Waals surface area contributed by atoms with Crippen LogP contribution in [0.1, 0.15) is 36.8 Å². The zero-order valence-corrected chi connectivity index (χ0v) is 21.8. The minimum atomic E-state index is -3.58. The molecule has 2 fully saturated rings. The molecular weight excluding hydrogens is 490 g/mol. The number of hydrogen-bond acceptors (Lipinski definition) is 7. The summed E-state index contributed by atoms with van der Waals surface area (Å²) >= 11 is 2.73. The van der Waals surface area contributed by atoms with Gasteiger partial charge < -0.3 is 4.74 Å². The Hall–Kier alpha value is -1.85. The molecule has 182 valence electrons. The smallest absolute Gasteiger partial charge is 0.252 e. The van der Waals surface area contributed by atoms with Crippen molar-refractivity contribution in [3.05, 3.63) is 40.8 Å². The van der Waals surface area contributed by atoms with Crippen LogP contribution in [-0.2, 0) is 19.6 Å². The third-order valence-electron chi connectivity index (χ3n) is 6.72. The molecular formula is C24H29N3O4S3. The van der Waals surface area contributed by atoms with E-state index in [2.05, 4.69) is 26.0 Å². The van der Waals surface area contributed by atoms with Crippen LogP contribution < -0.4 is 4.90 Å². The van der Waals surface area contributed by atoms with Crippen LogP contribution in [0.3, 0.4) is 0 Å². The summed E-state index contributed by atoms with van der Waals surface area (Å²) in [6.45, 7) is 5.94. The molecule has 0 bridgehead atoms. The van der Waals surface area contributed by atoms with Gasteiger partial charge in [0.15, 0.2) is 5.13 Å². The van der Waals surface area contributed by atoms with E-state index in [1.54, 1.807) is 22.4 Å². The van der Waals surface area contributed by atoms with Crippen molar-refractivity contribution in [1.82, 2.24) is 9.29 Å². The second-order valence-electron chi connectivity index (χ2n) is 9.12. The van der Waals surface area contributed by atoms with E-state index < -0.39 is 15.9 Å². The third-order valence-corrected chi connectivity index (χ3v) is 11.0. The lowest BCUT2D eigenvalue weighted by Crippen LogP contribution is -2.48. The number of aromatic nitrogens is 1. The lowest BCUT2D eigenvalue weighted by atomic mass is 9.98. The van der Waals surface area contributed by atoms with Crippen LogP contribution in [0.4, 0.5) is 5.13 Å². The van der Waals surface area contributed by atoms with Crippen LogP contribution in [-0.4, -0.2) is 56.0 Å². The SMILES string of the molecule is Cc1cc2nc(N(CC3CCCO3)C(=O)C3CCCN(S(=O)(=O)c4cccs4)C3)sc2cc1C. The van der Waals surface area contributed by atoms with Gasteiger partial charge in [-0.15, -0.1) is 11.3 Å². The number of carbonyl (C=O) groups is 1. The molecule has 0 N–H and O–H groups in total. The Bertz CT molecular complexity index is 1240. The van der Waals surface area contributed by atoms with Crippen LogP contribution in [0.5, 0.6) is 0 Å². The minimum absolute atomic E-state index is 0.0195. The summed E-state index contributed by atoms with van der Waals surface area (Å²) in [4.78, 5) is 20.5. The van der Waals surface area contributed by atoms with E-state index in [1.165, 1.54) is 38.1 Å². The fourth-order valence-corrected chi connectivity index (χ4v) is 8.39. The van der Waals surface area contributed by atoms with E-state index in [0.717, 1.165) is 23.1 Å². The fourth-order valence-electron chi connectivity index (χ4n) is 4.66. The maximum absolute atomic E-state index is 13.9. The van der Waals surface area contributed by atoms with Gasteiger partial charge in [0.05, 0.1) is 28.8 Å². The number of sulfonamides is 1. The molecule has 7 nitrogen and oxygen atoms in total. The zero-order valence-electron chi connectivity index (χ0n) is 19.4. The van der Waals surface area contributed by atoms with E-state index in [0.29, 0.717) is 41.9 Å². The van der Waals surface area contributed by atoms with E-state index in [4.69, 9.17) is 9.72 Å². The summed E-state index contributed by atoms with van der Waals surface area (Å²) in [6.07, 6.45) is 3.21. The first-order valence-corrected chi connectivity index (χ1v) is 14.8. The standard InChI is InChI=1S/C24H29N3O4S3/c1-16-12-20-21(13-17(16)2)33-24(25-20)27(15-19-7-4-10-31-19)23(28)18-6-3-9-26(14-18)34(29,30)22-8-5-11-32-22/h5,8,11-13,18-19H,3-4,6-7,9-10,14-15H2,1-2H3. The van der Waals surface area contributed by atoms with Crippen molar-refractivity contribution in [2.75, 3.05) is 31.1 Å². The van der Waals surface area contributed by atoms with Gasteiger partial charge in [0.2, 0.25) is 5.91 Å².